The van der Waals surface area contributed by atoms with Gasteiger partial charge in [-0.3, -0.25) is 4.79 Å². The van der Waals surface area contributed by atoms with E-state index in [9.17, 15) is 9.59 Å². The molecular weight excluding hydrogens is 374 g/mol. The van der Waals surface area contributed by atoms with Gasteiger partial charge in [-0.15, -0.1) is 0 Å². The van der Waals surface area contributed by atoms with Gasteiger partial charge in [-0.05, 0) is 40.3 Å². The molecule has 0 bridgehead atoms. The van der Waals surface area contributed by atoms with E-state index in [0.29, 0.717) is 25.1 Å². The predicted octanol–water partition coefficient (Wildman–Crippen LogP) is 5.44. The molecule has 1 aliphatic rings. The third kappa shape index (κ3) is 4.33. The lowest BCUT2D eigenvalue weighted by atomic mass is 9.98. The summed E-state index contributed by atoms with van der Waals surface area (Å²) in [6, 6.07) is 23.9. The Balaban J connectivity index is 1.27. The zero-order valence-corrected chi connectivity index (χ0v) is 16.6. The molecular formula is C26H23NO3. The Morgan fingerprint density at radius 3 is 2.27 bits per heavy atom. The SMILES string of the molecule is O=Cc1cccc(C=CCCNC(=O)OCC2c3ccccc3-c3ccccc32)c1. The van der Waals surface area contributed by atoms with Gasteiger partial charge in [0.15, 0.2) is 0 Å². The molecule has 0 unspecified atom stereocenters. The van der Waals surface area contributed by atoms with Crippen LogP contribution in [-0.4, -0.2) is 25.5 Å². The molecule has 0 aromatic heterocycles. The maximum Gasteiger partial charge on any atom is 0.407 e. The average molecular weight is 397 g/mol. The third-order valence-corrected chi connectivity index (χ3v) is 5.28. The first-order chi connectivity index (χ1) is 14.8. The lowest BCUT2D eigenvalue weighted by Crippen LogP contribution is -2.26. The van der Waals surface area contributed by atoms with Crippen LogP contribution in [0.4, 0.5) is 4.79 Å². The number of rotatable bonds is 7. The van der Waals surface area contributed by atoms with E-state index in [0.717, 1.165) is 11.8 Å². The number of alkyl carbamates (subject to hydrolysis) is 1. The largest absolute Gasteiger partial charge is 0.449 e. The van der Waals surface area contributed by atoms with Gasteiger partial charge in [0.05, 0.1) is 0 Å². The summed E-state index contributed by atoms with van der Waals surface area (Å²) >= 11 is 0. The fourth-order valence-electron chi connectivity index (χ4n) is 3.86. The molecule has 150 valence electrons. The Morgan fingerprint density at radius 2 is 1.57 bits per heavy atom. The fourth-order valence-corrected chi connectivity index (χ4v) is 3.86. The smallest absolute Gasteiger partial charge is 0.407 e. The Kier molecular flexibility index (Phi) is 6.04. The maximum absolute atomic E-state index is 12.1. The summed E-state index contributed by atoms with van der Waals surface area (Å²) in [5.41, 5.74) is 6.44. The van der Waals surface area contributed by atoms with Crippen molar-refractivity contribution in [1.82, 2.24) is 5.32 Å². The van der Waals surface area contributed by atoms with Crippen LogP contribution in [0.25, 0.3) is 17.2 Å². The number of carbonyl (C=O) groups is 2. The highest BCUT2D eigenvalue weighted by molar-refractivity contribution is 5.79. The van der Waals surface area contributed by atoms with Crippen LogP contribution in [0.5, 0.6) is 0 Å². The van der Waals surface area contributed by atoms with Crippen molar-refractivity contribution in [3.63, 3.8) is 0 Å². The number of fused-ring (bicyclic) bond motifs is 3. The van der Waals surface area contributed by atoms with Gasteiger partial charge < -0.3 is 10.1 Å². The van der Waals surface area contributed by atoms with Crippen molar-refractivity contribution in [2.75, 3.05) is 13.2 Å². The van der Waals surface area contributed by atoms with Gasteiger partial charge in [-0.25, -0.2) is 4.79 Å². The van der Waals surface area contributed by atoms with Crippen LogP contribution in [0.15, 0.2) is 78.9 Å². The van der Waals surface area contributed by atoms with Crippen LogP contribution in [0.1, 0.15) is 39.4 Å². The molecule has 0 saturated carbocycles. The van der Waals surface area contributed by atoms with E-state index in [1.807, 2.05) is 54.6 Å². The van der Waals surface area contributed by atoms with Crippen LogP contribution in [0, 0.1) is 0 Å². The van der Waals surface area contributed by atoms with Gasteiger partial charge in [0.1, 0.15) is 12.9 Å². The number of nitrogens with one attached hydrogen (secondary N) is 1. The number of hydrogen-bond donors (Lipinski definition) is 1. The Morgan fingerprint density at radius 1 is 0.900 bits per heavy atom. The minimum atomic E-state index is -0.409. The van der Waals surface area contributed by atoms with Crippen molar-refractivity contribution < 1.29 is 14.3 Å². The molecule has 3 aromatic carbocycles. The van der Waals surface area contributed by atoms with Gasteiger partial charge in [0, 0.05) is 18.0 Å². The molecule has 0 spiro atoms. The first-order valence-electron chi connectivity index (χ1n) is 10.1. The van der Waals surface area contributed by atoms with E-state index in [-0.39, 0.29) is 5.92 Å². The number of aldehydes is 1. The van der Waals surface area contributed by atoms with E-state index in [1.165, 1.54) is 22.3 Å². The van der Waals surface area contributed by atoms with Crippen molar-refractivity contribution in [1.29, 1.82) is 0 Å². The summed E-state index contributed by atoms with van der Waals surface area (Å²) in [5, 5.41) is 2.79. The summed E-state index contributed by atoms with van der Waals surface area (Å²) < 4.78 is 5.52. The zero-order chi connectivity index (χ0) is 20.8. The van der Waals surface area contributed by atoms with E-state index >= 15 is 0 Å². The molecule has 3 aromatic rings. The summed E-state index contributed by atoms with van der Waals surface area (Å²) in [7, 11) is 0. The molecule has 0 fully saturated rings. The first-order valence-corrected chi connectivity index (χ1v) is 10.1. The maximum atomic E-state index is 12.1. The van der Waals surface area contributed by atoms with Gasteiger partial charge in [0.25, 0.3) is 0 Å². The molecule has 1 amide bonds. The van der Waals surface area contributed by atoms with Gasteiger partial charge in [-0.1, -0.05) is 78.9 Å². The van der Waals surface area contributed by atoms with Crippen molar-refractivity contribution in [3.05, 3.63) is 101 Å². The van der Waals surface area contributed by atoms with E-state index in [1.54, 1.807) is 6.07 Å². The summed E-state index contributed by atoms with van der Waals surface area (Å²) in [6.07, 6.45) is 5.00. The van der Waals surface area contributed by atoms with Crippen LogP contribution in [0.2, 0.25) is 0 Å². The summed E-state index contributed by atoms with van der Waals surface area (Å²) in [6.45, 7) is 0.800. The average Bonchev–Trinajstić information content (AvgIpc) is 3.11. The first kappa shape index (κ1) is 19.6. The highest BCUT2D eigenvalue weighted by atomic mass is 16.5. The van der Waals surface area contributed by atoms with Gasteiger partial charge in [0.2, 0.25) is 0 Å². The third-order valence-electron chi connectivity index (χ3n) is 5.28. The Hall–Kier alpha value is -3.66. The normalized spacial score (nSPS) is 12.4. The lowest BCUT2D eigenvalue weighted by Gasteiger charge is -2.14. The van der Waals surface area contributed by atoms with Crippen molar-refractivity contribution in [2.24, 2.45) is 0 Å². The molecule has 1 N–H and O–H groups in total. The molecule has 4 rings (SSSR count). The van der Waals surface area contributed by atoms with Gasteiger partial charge in [-0.2, -0.15) is 0 Å². The molecule has 0 saturated heterocycles. The summed E-state index contributed by atoms with van der Waals surface area (Å²) in [5.74, 6) is 0.0631. The molecule has 0 aliphatic heterocycles. The minimum Gasteiger partial charge on any atom is -0.449 e. The molecule has 4 heteroatoms. The molecule has 0 atom stereocenters. The van der Waals surface area contributed by atoms with E-state index in [4.69, 9.17) is 4.74 Å². The molecule has 4 nitrogen and oxygen atoms in total. The number of ether oxygens (including phenoxy) is 1. The van der Waals surface area contributed by atoms with E-state index in [2.05, 4.69) is 29.6 Å². The molecule has 1 aliphatic carbocycles. The van der Waals surface area contributed by atoms with Crippen LogP contribution < -0.4 is 5.32 Å². The second-order valence-electron chi connectivity index (χ2n) is 7.23. The molecule has 30 heavy (non-hydrogen) atoms. The zero-order valence-electron chi connectivity index (χ0n) is 16.6. The Bertz CT molecular complexity index is 1040. The second-order valence-corrected chi connectivity index (χ2v) is 7.23. The number of carbonyl (C=O) groups excluding carboxylic acids is 2. The molecule has 0 heterocycles. The quantitative estimate of drug-likeness (QED) is 0.427. The van der Waals surface area contributed by atoms with E-state index < -0.39 is 6.09 Å². The minimum absolute atomic E-state index is 0.0631. The predicted molar refractivity (Wildman–Crippen MR) is 119 cm³/mol. The highest BCUT2D eigenvalue weighted by Gasteiger charge is 2.28. The molecule has 0 radical (unpaired) electrons. The van der Waals surface area contributed by atoms with Gasteiger partial charge >= 0.3 is 6.09 Å². The monoisotopic (exact) mass is 397 g/mol. The Labute approximate surface area is 176 Å². The van der Waals surface area contributed by atoms with Crippen LogP contribution in [0.3, 0.4) is 0 Å². The van der Waals surface area contributed by atoms with Crippen molar-refractivity contribution >= 4 is 18.5 Å². The fraction of sp³-hybridized carbons (Fsp3) is 0.154. The highest BCUT2D eigenvalue weighted by Crippen LogP contribution is 2.44. The van der Waals surface area contributed by atoms with Crippen molar-refractivity contribution in [3.8, 4) is 11.1 Å². The second kappa shape index (κ2) is 9.23. The van der Waals surface area contributed by atoms with Crippen molar-refractivity contribution in [2.45, 2.75) is 12.3 Å². The number of hydrogen-bond acceptors (Lipinski definition) is 3. The summed E-state index contributed by atoms with van der Waals surface area (Å²) in [4.78, 5) is 23.0. The number of benzene rings is 3. The number of amides is 1. The lowest BCUT2D eigenvalue weighted by molar-refractivity contribution is 0.112. The topological polar surface area (TPSA) is 55.4 Å². The standard InChI is InChI=1S/C26H23NO3/c28-17-20-10-7-9-19(16-20)8-5-6-15-27-26(29)30-18-25-23-13-3-1-11-21(23)22-12-2-4-14-24(22)25/h1-5,7-14,16-17,25H,6,15,18H2,(H,27,29). The van der Waals surface area contributed by atoms with Crippen LogP contribution >= 0.6 is 0 Å². The van der Waals surface area contributed by atoms with Crippen LogP contribution in [-0.2, 0) is 4.74 Å².